The van der Waals surface area contributed by atoms with E-state index in [0.29, 0.717) is 22.6 Å². The Morgan fingerprint density at radius 3 is 2.63 bits per heavy atom. The largest absolute Gasteiger partial charge is 0.496 e. The summed E-state index contributed by atoms with van der Waals surface area (Å²) in [6, 6.07) is 12.9. The summed E-state index contributed by atoms with van der Waals surface area (Å²) in [6.45, 7) is 1.91. The zero-order valence-corrected chi connectivity index (χ0v) is 20.2. The Morgan fingerprint density at radius 2 is 1.91 bits per heavy atom. The number of nitrogens with zero attached hydrogens (tertiary/aromatic N) is 2. The molecule has 0 fully saturated rings. The van der Waals surface area contributed by atoms with Crippen LogP contribution < -0.4 is 15.0 Å². The predicted molar refractivity (Wildman–Crippen MR) is 130 cm³/mol. The van der Waals surface area contributed by atoms with Crippen molar-refractivity contribution in [2.45, 2.75) is 26.1 Å². The molecule has 1 aliphatic rings. The molecule has 1 heterocycles. The van der Waals surface area contributed by atoms with Crippen molar-refractivity contribution in [3.63, 3.8) is 0 Å². The van der Waals surface area contributed by atoms with Crippen LogP contribution in [0.25, 0.3) is 0 Å². The summed E-state index contributed by atoms with van der Waals surface area (Å²) in [5, 5.41) is 3.00. The van der Waals surface area contributed by atoms with Gasteiger partial charge in [0.2, 0.25) is 0 Å². The Hall–Kier alpha value is -3.65. The van der Waals surface area contributed by atoms with Crippen LogP contribution in [0.15, 0.2) is 54.6 Å². The highest BCUT2D eigenvalue weighted by Gasteiger charge is 2.34. The first kappa shape index (κ1) is 24.5. The molecule has 3 aromatic carbocycles. The molecule has 0 spiro atoms. The number of halogens is 3. The van der Waals surface area contributed by atoms with E-state index in [4.69, 9.17) is 16.3 Å². The van der Waals surface area contributed by atoms with Crippen LogP contribution in [-0.4, -0.2) is 31.0 Å². The number of carbonyl (C=O) groups excluding carboxylic acids is 2. The Morgan fingerprint density at radius 1 is 1.14 bits per heavy atom. The minimum Gasteiger partial charge on any atom is -0.496 e. The number of hydrogen-bond acceptors (Lipinski definition) is 3. The highest BCUT2D eigenvalue weighted by Crippen LogP contribution is 2.38. The van der Waals surface area contributed by atoms with Gasteiger partial charge < -0.3 is 15.0 Å². The van der Waals surface area contributed by atoms with Gasteiger partial charge in [-0.25, -0.2) is 13.6 Å². The molecule has 0 saturated heterocycles. The minimum absolute atomic E-state index is 0.0910. The third-order valence-electron chi connectivity index (χ3n) is 6.21. The third-order valence-corrected chi connectivity index (χ3v) is 6.57. The fraction of sp³-hybridized carbons (Fsp3) is 0.231. The van der Waals surface area contributed by atoms with Gasteiger partial charge >= 0.3 is 6.03 Å². The molecular weight excluding hydrogens is 476 g/mol. The topological polar surface area (TPSA) is 61.9 Å². The molecule has 1 atom stereocenters. The van der Waals surface area contributed by atoms with Gasteiger partial charge in [-0.1, -0.05) is 29.8 Å². The summed E-state index contributed by atoms with van der Waals surface area (Å²) in [5.74, 6) is -1.02. The van der Waals surface area contributed by atoms with Crippen LogP contribution in [0.1, 0.15) is 40.0 Å². The molecule has 0 saturated carbocycles. The molecular formula is C26H24ClF2N3O3. The van der Waals surface area contributed by atoms with Gasteiger partial charge in [0.05, 0.1) is 25.4 Å². The maximum atomic E-state index is 14.5. The van der Waals surface area contributed by atoms with Gasteiger partial charge in [-0.15, -0.1) is 0 Å². The number of amides is 3. The lowest BCUT2D eigenvalue weighted by Crippen LogP contribution is -2.46. The average molecular weight is 500 g/mol. The monoisotopic (exact) mass is 499 g/mol. The molecule has 182 valence electrons. The van der Waals surface area contributed by atoms with Gasteiger partial charge in [0, 0.05) is 41.4 Å². The predicted octanol–water partition coefficient (Wildman–Crippen LogP) is 5.69. The second kappa shape index (κ2) is 9.92. The summed E-state index contributed by atoms with van der Waals surface area (Å²) in [6.07, 6.45) is 0. The van der Waals surface area contributed by atoms with Crippen molar-refractivity contribution in [3.8, 4) is 5.75 Å². The molecule has 1 aliphatic heterocycles. The van der Waals surface area contributed by atoms with Gasteiger partial charge in [0.1, 0.15) is 17.4 Å². The van der Waals surface area contributed by atoms with E-state index in [9.17, 15) is 18.4 Å². The van der Waals surface area contributed by atoms with Crippen molar-refractivity contribution >= 4 is 29.2 Å². The number of methoxy groups -OCH3 is 1. The molecule has 6 nitrogen and oxygen atoms in total. The highest BCUT2D eigenvalue weighted by atomic mass is 35.5. The van der Waals surface area contributed by atoms with Crippen LogP contribution in [0, 0.1) is 11.6 Å². The maximum Gasteiger partial charge on any atom is 0.325 e. The molecule has 0 radical (unpaired) electrons. The third kappa shape index (κ3) is 4.79. The second-order valence-electron chi connectivity index (χ2n) is 8.27. The van der Waals surface area contributed by atoms with Crippen molar-refractivity contribution < 1.29 is 23.1 Å². The van der Waals surface area contributed by atoms with Crippen LogP contribution in [0.5, 0.6) is 5.75 Å². The van der Waals surface area contributed by atoms with Gasteiger partial charge in [0.25, 0.3) is 5.91 Å². The van der Waals surface area contributed by atoms with Gasteiger partial charge in [-0.05, 0) is 42.8 Å². The number of fused-ring (bicyclic) bond motifs is 1. The number of anilines is 1. The number of hydrogen-bond donors (Lipinski definition) is 1. The van der Waals surface area contributed by atoms with E-state index >= 15 is 0 Å². The Bertz CT molecular complexity index is 1280. The molecule has 3 amide bonds. The summed E-state index contributed by atoms with van der Waals surface area (Å²) >= 11 is 6.21. The lowest BCUT2D eigenvalue weighted by Gasteiger charge is -2.39. The van der Waals surface area contributed by atoms with Crippen LogP contribution in [0.2, 0.25) is 5.02 Å². The first-order valence-electron chi connectivity index (χ1n) is 10.9. The Kier molecular flexibility index (Phi) is 6.93. The molecule has 3 aromatic rings. The molecule has 1 N–H and O–H groups in total. The van der Waals surface area contributed by atoms with E-state index in [-0.39, 0.29) is 41.7 Å². The smallest absolute Gasteiger partial charge is 0.325 e. The quantitative estimate of drug-likeness (QED) is 0.474. The SMILES string of the molecule is COc1cc(F)ccc1CNC(=O)c1ccc2c(c1)N(Cc1c(F)cccc1Cl)C(=O)N(C)[C@H]2C. The zero-order valence-electron chi connectivity index (χ0n) is 19.4. The van der Waals surface area contributed by atoms with Crippen molar-refractivity contribution in [1.82, 2.24) is 10.2 Å². The molecule has 35 heavy (non-hydrogen) atoms. The summed E-state index contributed by atoms with van der Waals surface area (Å²) < 4.78 is 33.1. The molecule has 9 heteroatoms. The van der Waals surface area contributed by atoms with Crippen LogP contribution >= 0.6 is 11.6 Å². The fourth-order valence-corrected chi connectivity index (χ4v) is 4.30. The first-order chi connectivity index (χ1) is 16.7. The van der Waals surface area contributed by atoms with Gasteiger partial charge in [-0.3, -0.25) is 9.69 Å². The summed E-state index contributed by atoms with van der Waals surface area (Å²) in [5.41, 5.74) is 2.44. The number of carbonyl (C=O) groups is 2. The van der Waals surface area contributed by atoms with E-state index in [2.05, 4.69) is 5.32 Å². The highest BCUT2D eigenvalue weighted by molar-refractivity contribution is 6.31. The Labute approximate surface area is 207 Å². The molecule has 0 aromatic heterocycles. The number of benzene rings is 3. The first-order valence-corrected chi connectivity index (χ1v) is 11.3. The second-order valence-corrected chi connectivity index (χ2v) is 8.68. The minimum atomic E-state index is -0.518. The van der Waals surface area contributed by atoms with E-state index < -0.39 is 11.6 Å². The number of nitrogens with one attached hydrogen (secondary N) is 1. The van der Waals surface area contributed by atoms with E-state index in [0.717, 1.165) is 5.56 Å². The normalized spacial score (nSPS) is 15.1. The van der Waals surface area contributed by atoms with Crippen molar-refractivity contribution in [1.29, 1.82) is 0 Å². The van der Waals surface area contributed by atoms with Crippen LogP contribution in [0.4, 0.5) is 19.3 Å². The van der Waals surface area contributed by atoms with Crippen molar-refractivity contribution in [3.05, 3.63) is 93.5 Å². The van der Waals surface area contributed by atoms with Gasteiger partial charge in [0.15, 0.2) is 0 Å². The fourth-order valence-electron chi connectivity index (χ4n) is 4.08. The summed E-state index contributed by atoms with van der Waals surface area (Å²) in [7, 11) is 3.10. The number of rotatable bonds is 6. The van der Waals surface area contributed by atoms with E-state index in [1.165, 1.54) is 42.3 Å². The van der Waals surface area contributed by atoms with E-state index in [1.54, 1.807) is 36.2 Å². The van der Waals surface area contributed by atoms with Crippen LogP contribution in [-0.2, 0) is 13.1 Å². The molecule has 0 aliphatic carbocycles. The van der Waals surface area contributed by atoms with Crippen molar-refractivity contribution in [2.24, 2.45) is 0 Å². The number of ether oxygens (including phenoxy) is 1. The molecule has 4 rings (SSSR count). The average Bonchev–Trinajstić information content (AvgIpc) is 2.85. The maximum absolute atomic E-state index is 14.5. The molecule has 0 bridgehead atoms. The molecule has 0 unspecified atom stereocenters. The lowest BCUT2D eigenvalue weighted by molar-refractivity contribution is 0.0950. The number of urea groups is 1. The Balaban J connectivity index is 1.64. The van der Waals surface area contributed by atoms with Crippen molar-refractivity contribution in [2.75, 3.05) is 19.1 Å². The van der Waals surface area contributed by atoms with Crippen LogP contribution in [0.3, 0.4) is 0 Å². The standard InChI is InChI=1S/C26H24ClF2N3O3/c1-15-19-10-8-16(25(33)30-13-17-7-9-18(28)12-24(17)35-3)11-23(19)32(26(34)31(15)2)14-20-21(27)5-4-6-22(20)29/h4-12,15H,13-14H2,1-3H3,(H,30,33)/t15-/m0/s1. The summed E-state index contributed by atoms with van der Waals surface area (Å²) in [4.78, 5) is 29.1. The zero-order chi connectivity index (χ0) is 25.3. The van der Waals surface area contributed by atoms with E-state index in [1.807, 2.05) is 6.92 Å². The lowest BCUT2D eigenvalue weighted by atomic mass is 9.98. The van der Waals surface area contributed by atoms with Gasteiger partial charge in [-0.2, -0.15) is 0 Å².